The van der Waals surface area contributed by atoms with E-state index in [4.69, 9.17) is 18.9 Å². The lowest BCUT2D eigenvalue weighted by atomic mass is 9.88. The fourth-order valence-corrected chi connectivity index (χ4v) is 9.57. The summed E-state index contributed by atoms with van der Waals surface area (Å²) in [6.07, 6.45) is 11.3. The van der Waals surface area contributed by atoms with Crippen LogP contribution in [0, 0.1) is 0 Å². The van der Waals surface area contributed by atoms with Gasteiger partial charge >= 0.3 is 18.2 Å². The smallest absolute Gasteiger partial charge is 0.414 e. The van der Waals surface area contributed by atoms with Crippen LogP contribution in [-0.2, 0) is 57.5 Å². The van der Waals surface area contributed by atoms with Gasteiger partial charge in [0.05, 0.1) is 24.0 Å². The Morgan fingerprint density at radius 2 is 1.00 bits per heavy atom. The molecule has 4 aromatic carbocycles. The molecule has 2 aliphatic carbocycles. The van der Waals surface area contributed by atoms with Crippen LogP contribution in [0.15, 0.2) is 81.7 Å². The van der Waals surface area contributed by atoms with E-state index < -0.39 is 17.6 Å². The first-order valence-corrected chi connectivity index (χ1v) is 24.0. The van der Waals surface area contributed by atoms with E-state index in [0.717, 1.165) is 72.0 Å². The molecule has 0 N–H and O–H groups in total. The fourth-order valence-electron chi connectivity index (χ4n) is 8.41. The second-order valence-electron chi connectivity index (χ2n) is 18.3. The number of ether oxygens (including phenoxy) is 4. The zero-order chi connectivity index (χ0) is 46.6. The summed E-state index contributed by atoms with van der Waals surface area (Å²) in [6.45, 7) is 12.5. The average molecular weight is 1010 g/mol. The van der Waals surface area contributed by atoms with Crippen LogP contribution in [0.25, 0.3) is 0 Å². The van der Waals surface area contributed by atoms with Crippen LogP contribution < -0.4 is 9.80 Å². The largest absolute Gasteiger partial charge is 0.465 e. The normalized spacial score (nSPS) is 15.6. The van der Waals surface area contributed by atoms with E-state index in [-0.39, 0.29) is 18.2 Å². The summed E-state index contributed by atoms with van der Waals surface area (Å²) in [5.41, 5.74) is 9.54. The van der Waals surface area contributed by atoms with Gasteiger partial charge in [0.1, 0.15) is 11.2 Å². The number of esters is 1. The first kappa shape index (κ1) is 50.7. The quantitative estimate of drug-likeness (QED) is 0.149. The minimum Gasteiger partial charge on any atom is -0.465 e. The minimum atomic E-state index is -1.26. The van der Waals surface area contributed by atoms with Crippen LogP contribution in [0.2, 0.25) is 0 Å². The zero-order valence-electron chi connectivity index (χ0n) is 38.8. The number of hydrogen-bond donors (Lipinski definition) is 0. The Morgan fingerprint density at radius 3 is 1.53 bits per heavy atom. The van der Waals surface area contributed by atoms with Crippen molar-refractivity contribution in [3.05, 3.63) is 126 Å². The van der Waals surface area contributed by atoms with Gasteiger partial charge in [0.2, 0.25) is 6.36 Å². The lowest BCUT2D eigenvalue weighted by Crippen LogP contribution is -2.40. The molecule has 0 aromatic heterocycles. The number of carbonyl (C=O) groups excluding carboxylic acids is 3. The molecule has 4 aromatic rings. The molecular formula is C52H65Br2FN2O7. The molecule has 0 radical (unpaired) electrons. The summed E-state index contributed by atoms with van der Waals surface area (Å²) < 4.78 is 36.2. The topological polar surface area (TPSA) is 94.6 Å². The van der Waals surface area contributed by atoms with Crippen molar-refractivity contribution in [2.45, 2.75) is 136 Å². The number of hydrogen-bond acceptors (Lipinski definition) is 7. The van der Waals surface area contributed by atoms with Crippen molar-refractivity contribution in [2.75, 3.05) is 37.1 Å². The molecule has 9 nitrogen and oxygen atoms in total. The first-order chi connectivity index (χ1) is 30.4. The standard InChI is InChI=1S/C16H21NO4.C14H18BrNO2.C12H15FO.C10H11Br/c1-16(2,3)21-15(19)17-10-6-8-11-12(14(18)20-4)7-5-9-13(11)17;1-14(2,3)18-13(17)16-9-5-6-10-11(15)7-4-8-12(10)16;1-14-12(13)11-8-4-6-9-5-2-3-7-10(9)11;11-10-7-3-5-8-4-1-2-6-9(8)10/h5,7,9H,6,8,10H2,1-4H3;4,7-8H,5-6,9H2,1-3H3;4,6,8,12H,2-3,5,7H2,1H3;3,5,7H,1-2,4,6H2. The Morgan fingerprint density at radius 1 is 0.562 bits per heavy atom. The first-order valence-electron chi connectivity index (χ1n) is 22.4. The number of benzene rings is 4. The molecule has 0 saturated heterocycles. The Balaban J connectivity index is 0.000000164. The second kappa shape index (κ2) is 23.3. The van der Waals surface area contributed by atoms with Crippen LogP contribution in [-0.4, -0.2) is 56.7 Å². The van der Waals surface area contributed by atoms with Gasteiger partial charge in [-0.15, -0.1) is 0 Å². The van der Waals surface area contributed by atoms with Gasteiger partial charge in [-0.3, -0.25) is 9.80 Å². The Bertz CT molecular complexity index is 2230. The van der Waals surface area contributed by atoms with Gasteiger partial charge in [-0.05, 0) is 182 Å². The summed E-state index contributed by atoms with van der Waals surface area (Å²) in [5.74, 6) is -0.377. The molecule has 8 rings (SSSR count). The predicted octanol–water partition coefficient (Wildman–Crippen LogP) is 13.8. The average Bonchev–Trinajstić information content (AvgIpc) is 3.27. The maximum atomic E-state index is 13.4. The lowest BCUT2D eigenvalue weighted by molar-refractivity contribution is -0.00741. The van der Waals surface area contributed by atoms with Crippen LogP contribution in [0.5, 0.6) is 0 Å². The van der Waals surface area contributed by atoms with E-state index in [1.165, 1.54) is 73.9 Å². The molecule has 2 heterocycles. The highest BCUT2D eigenvalue weighted by Gasteiger charge is 2.30. The van der Waals surface area contributed by atoms with E-state index in [1.54, 1.807) is 33.1 Å². The maximum Gasteiger partial charge on any atom is 0.414 e. The highest BCUT2D eigenvalue weighted by Crippen LogP contribution is 2.35. The SMILES string of the molecule is Brc1cccc2c1CCCC2.CC(C)(C)OC(=O)N1CCCc2c(Br)cccc21.COC(=O)c1cccc2c1CCCN2C(=O)OC(C)(C)C.COC(F)c1cccc2c1CCCC2. The molecule has 12 heteroatoms. The number of nitrogens with zero attached hydrogens (tertiary/aromatic N) is 2. The molecule has 64 heavy (non-hydrogen) atoms. The van der Waals surface area contributed by atoms with Gasteiger partial charge in [-0.2, -0.15) is 0 Å². The van der Waals surface area contributed by atoms with Crippen LogP contribution >= 0.6 is 31.9 Å². The third kappa shape index (κ3) is 13.9. The third-order valence-electron chi connectivity index (χ3n) is 11.3. The fraction of sp³-hybridized carbons (Fsp3) is 0.481. The number of amides is 2. The van der Waals surface area contributed by atoms with E-state index in [9.17, 15) is 18.8 Å². The molecule has 2 amide bonds. The van der Waals surface area contributed by atoms with Crippen molar-refractivity contribution in [3.8, 4) is 0 Å². The van der Waals surface area contributed by atoms with Crippen LogP contribution in [0.1, 0.15) is 136 Å². The van der Waals surface area contributed by atoms with Crippen molar-refractivity contribution < 1.29 is 37.7 Å². The van der Waals surface area contributed by atoms with Gasteiger partial charge in [0.25, 0.3) is 0 Å². The van der Waals surface area contributed by atoms with Crippen molar-refractivity contribution in [2.24, 2.45) is 0 Å². The summed E-state index contributed by atoms with van der Waals surface area (Å²) in [4.78, 5) is 39.6. The predicted molar refractivity (Wildman–Crippen MR) is 260 cm³/mol. The number of alkyl halides is 1. The number of anilines is 2. The van der Waals surface area contributed by atoms with Gasteiger partial charge in [-0.1, -0.05) is 74.3 Å². The molecular weight excluding hydrogens is 943 g/mol. The number of rotatable bonds is 3. The maximum absolute atomic E-state index is 13.4. The molecule has 4 aliphatic rings. The van der Waals surface area contributed by atoms with Crippen molar-refractivity contribution in [1.29, 1.82) is 0 Å². The molecule has 1 unspecified atom stereocenters. The van der Waals surface area contributed by atoms with Gasteiger partial charge < -0.3 is 18.9 Å². The lowest BCUT2D eigenvalue weighted by Gasteiger charge is -2.32. The Hall–Kier alpha value is -4.26. The molecule has 0 fully saturated rings. The third-order valence-corrected chi connectivity index (χ3v) is 12.8. The Labute approximate surface area is 396 Å². The number of fused-ring (bicyclic) bond motifs is 4. The van der Waals surface area contributed by atoms with E-state index >= 15 is 0 Å². The highest BCUT2D eigenvalue weighted by molar-refractivity contribution is 9.10. The molecule has 0 spiro atoms. The number of methoxy groups -OCH3 is 2. The number of carbonyl (C=O) groups is 3. The summed E-state index contributed by atoms with van der Waals surface area (Å²) in [7, 11) is 2.77. The number of aryl methyl sites for hydroxylation is 2. The molecule has 1 atom stereocenters. The van der Waals surface area contributed by atoms with E-state index in [1.807, 2.05) is 77.9 Å². The molecule has 0 bridgehead atoms. The second-order valence-corrected chi connectivity index (χ2v) is 20.0. The molecule has 2 aliphatic heterocycles. The number of halogens is 3. The monoisotopic (exact) mass is 1010 g/mol. The van der Waals surface area contributed by atoms with Crippen molar-refractivity contribution in [1.82, 2.24) is 0 Å². The van der Waals surface area contributed by atoms with E-state index in [0.29, 0.717) is 12.1 Å². The minimum absolute atomic E-state index is 0.262. The van der Waals surface area contributed by atoms with Gasteiger partial charge in [0, 0.05) is 34.7 Å². The molecule has 0 saturated carbocycles. The van der Waals surface area contributed by atoms with Crippen LogP contribution in [0.4, 0.5) is 25.4 Å². The van der Waals surface area contributed by atoms with E-state index in [2.05, 4.69) is 56.1 Å². The van der Waals surface area contributed by atoms with Crippen LogP contribution in [0.3, 0.4) is 0 Å². The zero-order valence-corrected chi connectivity index (χ0v) is 42.0. The molecule has 346 valence electrons. The van der Waals surface area contributed by atoms with Gasteiger partial charge in [-0.25, -0.2) is 18.8 Å². The summed E-state index contributed by atoms with van der Waals surface area (Å²) in [5, 5.41) is 0. The van der Waals surface area contributed by atoms with Crippen molar-refractivity contribution in [3.63, 3.8) is 0 Å². The summed E-state index contributed by atoms with van der Waals surface area (Å²) in [6, 6.07) is 23.6. The van der Waals surface area contributed by atoms with Gasteiger partial charge in [0.15, 0.2) is 0 Å². The summed E-state index contributed by atoms with van der Waals surface area (Å²) >= 11 is 7.12. The Kier molecular flexibility index (Phi) is 18.4. The van der Waals surface area contributed by atoms with Crippen molar-refractivity contribution >= 4 is 61.4 Å². The highest BCUT2D eigenvalue weighted by atomic mass is 79.9.